The lowest BCUT2D eigenvalue weighted by Gasteiger charge is -2.18. The van der Waals surface area contributed by atoms with Crippen LogP contribution in [-0.4, -0.2) is 22.0 Å². The molecule has 0 radical (unpaired) electrons. The van der Waals surface area contributed by atoms with Crippen molar-refractivity contribution < 1.29 is 0 Å². The average Bonchev–Trinajstić information content (AvgIpc) is 2.78. The molecule has 0 fully saturated rings. The maximum Gasteiger partial charge on any atom is 0.225 e. The predicted molar refractivity (Wildman–Crippen MR) is 83.5 cm³/mol. The molecule has 0 aromatic carbocycles. The molecule has 0 N–H and O–H groups in total. The lowest BCUT2D eigenvalue weighted by atomic mass is 10.3. The molecule has 0 atom stereocenters. The second kappa shape index (κ2) is 5.34. The van der Waals surface area contributed by atoms with Crippen LogP contribution in [0.1, 0.15) is 10.6 Å². The summed E-state index contributed by atoms with van der Waals surface area (Å²) in [5.74, 6) is 0.843. The molecule has 4 nitrogen and oxygen atoms in total. The Morgan fingerprint density at radius 2 is 2.15 bits per heavy atom. The van der Waals surface area contributed by atoms with Gasteiger partial charge in [0, 0.05) is 18.1 Å². The first kappa shape index (κ1) is 13.3. The number of hydrogen-bond donors (Lipinski definition) is 0. The highest BCUT2D eigenvalue weighted by atomic mass is 35.5. The fraction of sp³-hybridized carbons (Fsp3) is 0.214. The van der Waals surface area contributed by atoms with Crippen LogP contribution >= 0.6 is 22.9 Å². The molecule has 0 spiro atoms. The van der Waals surface area contributed by atoms with Crippen LogP contribution in [0.3, 0.4) is 0 Å². The highest BCUT2D eigenvalue weighted by molar-refractivity contribution is 7.18. The van der Waals surface area contributed by atoms with E-state index in [2.05, 4.69) is 27.9 Å². The number of aromatic nitrogens is 3. The quantitative estimate of drug-likeness (QED) is 0.692. The second-order valence-electron chi connectivity index (χ2n) is 4.57. The summed E-state index contributed by atoms with van der Waals surface area (Å²) >= 11 is 7.65. The van der Waals surface area contributed by atoms with Crippen LogP contribution in [0.4, 0.5) is 5.82 Å². The van der Waals surface area contributed by atoms with Gasteiger partial charge in [0.2, 0.25) is 5.28 Å². The van der Waals surface area contributed by atoms with Gasteiger partial charge in [0.25, 0.3) is 0 Å². The van der Waals surface area contributed by atoms with Crippen molar-refractivity contribution >= 4 is 39.0 Å². The van der Waals surface area contributed by atoms with E-state index in [0.29, 0.717) is 6.54 Å². The van der Waals surface area contributed by atoms with Crippen molar-refractivity contribution in [3.63, 3.8) is 0 Å². The summed E-state index contributed by atoms with van der Waals surface area (Å²) in [4.78, 5) is 17.1. The van der Waals surface area contributed by atoms with E-state index in [1.54, 1.807) is 17.5 Å². The van der Waals surface area contributed by atoms with Gasteiger partial charge in [0.05, 0.1) is 17.6 Å². The number of fused-ring (bicyclic) bond motifs is 1. The van der Waals surface area contributed by atoms with Gasteiger partial charge in [-0.05, 0) is 36.7 Å². The molecule has 3 rings (SSSR count). The SMILES string of the molecule is Cc1cc2c(N(C)Cc3ccccn3)nc(Cl)nc2s1. The van der Waals surface area contributed by atoms with Gasteiger partial charge in [-0.2, -0.15) is 4.98 Å². The van der Waals surface area contributed by atoms with Gasteiger partial charge < -0.3 is 4.90 Å². The number of anilines is 1. The molecule has 6 heteroatoms. The van der Waals surface area contributed by atoms with Gasteiger partial charge >= 0.3 is 0 Å². The van der Waals surface area contributed by atoms with E-state index < -0.39 is 0 Å². The average molecular weight is 305 g/mol. The molecule has 0 saturated heterocycles. The normalized spacial score (nSPS) is 10.9. The molecule has 3 aromatic rings. The largest absolute Gasteiger partial charge is 0.353 e. The predicted octanol–water partition coefficient (Wildman–Crippen LogP) is 3.68. The second-order valence-corrected chi connectivity index (χ2v) is 6.14. The summed E-state index contributed by atoms with van der Waals surface area (Å²) in [6.45, 7) is 2.74. The molecule has 0 amide bonds. The Bertz CT molecular complexity index is 742. The molecular formula is C14H13ClN4S. The van der Waals surface area contributed by atoms with Crippen LogP contribution in [0.15, 0.2) is 30.5 Å². The van der Waals surface area contributed by atoms with E-state index in [9.17, 15) is 0 Å². The summed E-state index contributed by atoms with van der Waals surface area (Å²) < 4.78 is 0. The van der Waals surface area contributed by atoms with E-state index >= 15 is 0 Å². The van der Waals surface area contributed by atoms with E-state index in [1.807, 2.05) is 30.1 Å². The number of halogens is 1. The molecular weight excluding hydrogens is 292 g/mol. The monoisotopic (exact) mass is 304 g/mol. The maximum absolute atomic E-state index is 6.02. The lowest BCUT2D eigenvalue weighted by Crippen LogP contribution is -2.18. The van der Waals surface area contributed by atoms with Crippen molar-refractivity contribution in [1.29, 1.82) is 0 Å². The van der Waals surface area contributed by atoms with Gasteiger partial charge in [-0.15, -0.1) is 11.3 Å². The number of rotatable bonds is 3. The van der Waals surface area contributed by atoms with Crippen molar-refractivity contribution in [2.24, 2.45) is 0 Å². The Hall–Kier alpha value is -1.72. The number of thiophene rings is 1. The van der Waals surface area contributed by atoms with Crippen LogP contribution in [-0.2, 0) is 6.54 Å². The Morgan fingerprint density at radius 3 is 2.90 bits per heavy atom. The summed E-state index contributed by atoms with van der Waals surface area (Å²) in [6, 6.07) is 7.98. The highest BCUT2D eigenvalue weighted by Gasteiger charge is 2.13. The van der Waals surface area contributed by atoms with Crippen LogP contribution in [0.2, 0.25) is 5.28 Å². The Labute approximate surface area is 126 Å². The Kier molecular flexibility index (Phi) is 3.54. The fourth-order valence-corrected chi connectivity index (χ4v) is 3.19. The van der Waals surface area contributed by atoms with Crippen LogP contribution < -0.4 is 4.90 Å². The molecule has 0 saturated carbocycles. The highest BCUT2D eigenvalue weighted by Crippen LogP contribution is 2.31. The van der Waals surface area contributed by atoms with Crippen molar-refractivity contribution in [1.82, 2.24) is 15.0 Å². The summed E-state index contributed by atoms with van der Waals surface area (Å²) in [6.07, 6.45) is 1.79. The molecule has 102 valence electrons. The van der Waals surface area contributed by atoms with Crippen molar-refractivity contribution in [3.05, 3.63) is 46.3 Å². The molecule has 0 unspecified atom stereocenters. The summed E-state index contributed by atoms with van der Waals surface area (Å²) in [7, 11) is 1.99. The third kappa shape index (κ3) is 2.59. The zero-order valence-electron chi connectivity index (χ0n) is 11.2. The van der Waals surface area contributed by atoms with Crippen molar-refractivity contribution in [2.45, 2.75) is 13.5 Å². The molecule has 0 aliphatic carbocycles. The Balaban J connectivity index is 2.00. The van der Waals surface area contributed by atoms with E-state index in [-0.39, 0.29) is 5.28 Å². The van der Waals surface area contributed by atoms with Gasteiger partial charge in [-0.25, -0.2) is 4.98 Å². The number of nitrogens with zero attached hydrogens (tertiary/aromatic N) is 4. The smallest absolute Gasteiger partial charge is 0.225 e. The minimum absolute atomic E-state index is 0.280. The van der Waals surface area contributed by atoms with Crippen molar-refractivity contribution in [3.8, 4) is 0 Å². The molecule has 0 bridgehead atoms. The third-order valence-electron chi connectivity index (χ3n) is 2.96. The molecule has 0 aliphatic rings. The number of aryl methyl sites for hydroxylation is 1. The summed E-state index contributed by atoms with van der Waals surface area (Å²) in [5, 5.41) is 1.32. The third-order valence-corrected chi connectivity index (χ3v) is 4.07. The minimum Gasteiger partial charge on any atom is -0.353 e. The van der Waals surface area contributed by atoms with Gasteiger partial charge in [0.1, 0.15) is 10.6 Å². The first-order valence-electron chi connectivity index (χ1n) is 6.18. The zero-order valence-corrected chi connectivity index (χ0v) is 12.7. The van der Waals surface area contributed by atoms with Crippen LogP contribution in [0, 0.1) is 6.92 Å². The van der Waals surface area contributed by atoms with Gasteiger partial charge in [-0.3, -0.25) is 4.98 Å². The Morgan fingerprint density at radius 1 is 1.30 bits per heavy atom. The number of hydrogen-bond acceptors (Lipinski definition) is 5. The topological polar surface area (TPSA) is 41.9 Å². The molecule has 3 aromatic heterocycles. The van der Waals surface area contributed by atoms with E-state index in [4.69, 9.17) is 11.6 Å². The molecule has 3 heterocycles. The van der Waals surface area contributed by atoms with Gasteiger partial charge in [-0.1, -0.05) is 6.07 Å². The first-order valence-corrected chi connectivity index (χ1v) is 7.37. The fourth-order valence-electron chi connectivity index (χ4n) is 2.10. The van der Waals surface area contributed by atoms with Crippen LogP contribution in [0.25, 0.3) is 10.2 Å². The summed E-state index contributed by atoms with van der Waals surface area (Å²) in [5.41, 5.74) is 0.991. The maximum atomic E-state index is 6.02. The standard InChI is InChI=1S/C14H13ClN4S/c1-9-7-11-12(17-14(15)18-13(11)20-9)19(2)8-10-5-3-4-6-16-10/h3-7H,8H2,1-2H3. The number of pyridine rings is 1. The van der Waals surface area contributed by atoms with E-state index in [0.717, 1.165) is 21.7 Å². The minimum atomic E-state index is 0.280. The van der Waals surface area contributed by atoms with Crippen molar-refractivity contribution in [2.75, 3.05) is 11.9 Å². The van der Waals surface area contributed by atoms with E-state index in [1.165, 1.54) is 4.88 Å². The van der Waals surface area contributed by atoms with Gasteiger partial charge in [0.15, 0.2) is 0 Å². The lowest BCUT2D eigenvalue weighted by molar-refractivity contribution is 0.868. The zero-order chi connectivity index (χ0) is 14.1. The first-order chi connectivity index (χ1) is 9.63. The molecule has 20 heavy (non-hydrogen) atoms. The van der Waals surface area contributed by atoms with Crippen LogP contribution in [0.5, 0.6) is 0 Å². The molecule has 0 aliphatic heterocycles.